The van der Waals surface area contributed by atoms with E-state index in [1.54, 1.807) is 7.05 Å². The highest BCUT2D eigenvalue weighted by atomic mass is 32.1. The molecule has 1 fully saturated rings. The van der Waals surface area contributed by atoms with Crippen molar-refractivity contribution in [2.45, 2.75) is 32.1 Å². The molecule has 1 aromatic rings. The van der Waals surface area contributed by atoms with Gasteiger partial charge < -0.3 is 10.6 Å². The Morgan fingerprint density at radius 2 is 1.83 bits per heavy atom. The van der Waals surface area contributed by atoms with Gasteiger partial charge in [0.15, 0.2) is 0 Å². The van der Waals surface area contributed by atoms with Crippen molar-refractivity contribution in [1.29, 1.82) is 0 Å². The lowest BCUT2D eigenvalue weighted by molar-refractivity contribution is -0.141. The molecule has 2 N–H and O–H groups in total. The fraction of sp³-hybridized carbons (Fsp3) is 0.467. The number of carbonyl (C=O) groups is 4. The zero-order chi connectivity index (χ0) is 16.6. The van der Waals surface area contributed by atoms with E-state index in [9.17, 15) is 19.2 Å². The number of nitrogens with zero attached hydrogens (tertiary/aromatic N) is 1. The molecule has 1 saturated heterocycles. The largest absolute Gasteiger partial charge is 0.355 e. The summed E-state index contributed by atoms with van der Waals surface area (Å²) >= 11 is 1.40. The highest BCUT2D eigenvalue weighted by Crippen LogP contribution is 2.39. The first-order valence-electron chi connectivity index (χ1n) is 7.51. The first-order chi connectivity index (χ1) is 11.0. The van der Waals surface area contributed by atoms with Crippen LogP contribution in [0, 0.1) is 0 Å². The molecule has 2 heterocycles. The summed E-state index contributed by atoms with van der Waals surface area (Å²) in [4.78, 5) is 49.5. The topological polar surface area (TPSA) is 95.6 Å². The lowest BCUT2D eigenvalue weighted by Gasteiger charge is -2.13. The molecule has 23 heavy (non-hydrogen) atoms. The van der Waals surface area contributed by atoms with Crippen LogP contribution < -0.4 is 10.6 Å². The third kappa shape index (κ3) is 2.86. The Balaban J connectivity index is 1.77. The van der Waals surface area contributed by atoms with Crippen LogP contribution in [-0.4, -0.2) is 42.1 Å². The van der Waals surface area contributed by atoms with Gasteiger partial charge in [0.2, 0.25) is 17.7 Å². The predicted molar refractivity (Wildman–Crippen MR) is 84.3 cm³/mol. The molecule has 0 atom stereocenters. The van der Waals surface area contributed by atoms with Gasteiger partial charge in [-0.1, -0.05) is 0 Å². The van der Waals surface area contributed by atoms with Crippen LogP contribution in [0.5, 0.6) is 0 Å². The minimum absolute atomic E-state index is 0.156. The van der Waals surface area contributed by atoms with Gasteiger partial charge in [0.05, 0.1) is 5.56 Å². The molecule has 4 amide bonds. The van der Waals surface area contributed by atoms with E-state index < -0.39 is 5.91 Å². The molecule has 0 radical (unpaired) electrons. The zero-order valence-electron chi connectivity index (χ0n) is 12.7. The number of carbonyl (C=O) groups excluding carboxylic acids is 4. The number of likely N-dealkylation sites (tertiary alicyclic amines) is 1. The SMILES string of the molecule is CNC(=O)c1c(NC(=O)CN2C(=O)CCC2=O)sc2c1CCC2. The van der Waals surface area contributed by atoms with E-state index in [2.05, 4.69) is 10.6 Å². The van der Waals surface area contributed by atoms with Crippen molar-refractivity contribution in [2.24, 2.45) is 0 Å². The Bertz CT molecular complexity index is 694. The lowest BCUT2D eigenvalue weighted by atomic mass is 10.1. The van der Waals surface area contributed by atoms with Gasteiger partial charge in [-0.25, -0.2) is 0 Å². The molecule has 1 aromatic heterocycles. The Morgan fingerprint density at radius 1 is 1.13 bits per heavy atom. The van der Waals surface area contributed by atoms with Crippen LogP contribution in [0.2, 0.25) is 0 Å². The smallest absolute Gasteiger partial charge is 0.254 e. The number of aryl methyl sites for hydroxylation is 1. The minimum atomic E-state index is -0.460. The fourth-order valence-corrected chi connectivity index (χ4v) is 4.27. The Morgan fingerprint density at radius 3 is 2.48 bits per heavy atom. The Kier molecular flexibility index (Phi) is 4.16. The van der Waals surface area contributed by atoms with Crippen LogP contribution in [0.4, 0.5) is 5.00 Å². The molecular formula is C15H17N3O4S. The van der Waals surface area contributed by atoms with Crippen LogP contribution in [0.1, 0.15) is 40.1 Å². The van der Waals surface area contributed by atoms with E-state index in [4.69, 9.17) is 0 Å². The van der Waals surface area contributed by atoms with E-state index in [0.29, 0.717) is 10.6 Å². The average Bonchev–Trinajstić information content (AvgIpc) is 3.17. The molecule has 3 rings (SSSR count). The minimum Gasteiger partial charge on any atom is -0.355 e. The second-order valence-electron chi connectivity index (χ2n) is 5.56. The summed E-state index contributed by atoms with van der Waals surface area (Å²) in [5, 5.41) is 5.79. The van der Waals surface area contributed by atoms with Gasteiger partial charge in [0, 0.05) is 24.8 Å². The molecule has 1 aliphatic carbocycles. The summed E-state index contributed by atoms with van der Waals surface area (Å²) in [6, 6.07) is 0. The number of amides is 4. The van der Waals surface area contributed by atoms with Crippen molar-refractivity contribution >= 4 is 40.0 Å². The number of hydrogen-bond acceptors (Lipinski definition) is 5. The standard InChI is InChI=1S/C15H17N3O4S/c1-16-14(22)13-8-3-2-4-9(8)23-15(13)17-10(19)7-18-11(20)5-6-12(18)21/h2-7H2,1H3,(H,16,22)(H,17,19). The summed E-state index contributed by atoms with van der Waals surface area (Å²) in [6.45, 7) is -0.298. The molecule has 122 valence electrons. The molecule has 0 unspecified atom stereocenters. The first kappa shape index (κ1) is 15.7. The highest BCUT2D eigenvalue weighted by Gasteiger charge is 2.32. The number of fused-ring (bicyclic) bond motifs is 1. The monoisotopic (exact) mass is 335 g/mol. The van der Waals surface area contributed by atoms with Crippen LogP contribution in [0.15, 0.2) is 0 Å². The summed E-state index contributed by atoms with van der Waals surface area (Å²) in [5.41, 5.74) is 1.51. The van der Waals surface area contributed by atoms with Gasteiger partial charge in [-0.3, -0.25) is 24.1 Å². The van der Waals surface area contributed by atoms with E-state index in [0.717, 1.165) is 34.6 Å². The van der Waals surface area contributed by atoms with Gasteiger partial charge >= 0.3 is 0 Å². The van der Waals surface area contributed by atoms with Gasteiger partial charge in [-0.2, -0.15) is 0 Å². The summed E-state index contributed by atoms with van der Waals surface area (Å²) in [7, 11) is 1.55. The average molecular weight is 335 g/mol. The predicted octanol–water partition coefficient (Wildman–Crippen LogP) is 0.684. The molecule has 8 heteroatoms. The second kappa shape index (κ2) is 6.11. The fourth-order valence-electron chi connectivity index (χ4n) is 2.97. The Hall–Kier alpha value is -2.22. The van der Waals surface area contributed by atoms with Crippen molar-refractivity contribution in [3.05, 3.63) is 16.0 Å². The molecule has 1 aliphatic heterocycles. The van der Waals surface area contributed by atoms with Crippen molar-refractivity contribution in [2.75, 3.05) is 18.9 Å². The van der Waals surface area contributed by atoms with Crippen molar-refractivity contribution in [3.63, 3.8) is 0 Å². The molecule has 0 aromatic carbocycles. The number of hydrogen-bond donors (Lipinski definition) is 2. The third-order valence-electron chi connectivity index (χ3n) is 4.08. The lowest BCUT2D eigenvalue weighted by Crippen LogP contribution is -2.37. The molecule has 0 saturated carbocycles. The van der Waals surface area contributed by atoms with Gasteiger partial charge in [-0.15, -0.1) is 11.3 Å². The maximum absolute atomic E-state index is 12.2. The second-order valence-corrected chi connectivity index (χ2v) is 6.67. The van der Waals surface area contributed by atoms with E-state index in [-0.39, 0.29) is 37.1 Å². The Labute approximate surface area is 137 Å². The number of nitrogens with one attached hydrogen (secondary N) is 2. The van der Waals surface area contributed by atoms with Gasteiger partial charge in [0.1, 0.15) is 11.5 Å². The number of rotatable bonds is 4. The van der Waals surface area contributed by atoms with Crippen molar-refractivity contribution in [1.82, 2.24) is 10.2 Å². The van der Waals surface area contributed by atoms with E-state index >= 15 is 0 Å². The van der Waals surface area contributed by atoms with E-state index in [1.807, 2.05) is 0 Å². The highest BCUT2D eigenvalue weighted by molar-refractivity contribution is 7.17. The molecular weight excluding hydrogens is 318 g/mol. The third-order valence-corrected chi connectivity index (χ3v) is 5.29. The summed E-state index contributed by atoms with van der Waals surface area (Å²) in [6.07, 6.45) is 3.05. The van der Waals surface area contributed by atoms with E-state index in [1.165, 1.54) is 11.3 Å². The van der Waals surface area contributed by atoms with Gasteiger partial charge in [0.25, 0.3) is 5.91 Å². The normalized spacial score (nSPS) is 16.7. The van der Waals surface area contributed by atoms with Gasteiger partial charge in [-0.05, 0) is 24.8 Å². The van der Waals surface area contributed by atoms with Crippen LogP contribution in [-0.2, 0) is 27.2 Å². The number of anilines is 1. The maximum atomic E-state index is 12.2. The summed E-state index contributed by atoms with van der Waals surface area (Å²) in [5.74, 6) is -1.35. The maximum Gasteiger partial charge on any atom is 0.254 e. The summed E-state index contributed by atoms with van der Waals surface area (Å²) < 4.78 is 0. The number of imide groups is 1. The first-order valence-corrected chi connectivity index (χ1v) is 8.32. The zero-order valence-corrected chi connectivity index (χ0v) is 13.5. The van der Waals surface area contributed by atoms with Crippen molar-refractivity contribution in [3.8, 4) is 0 Å². The quantitative estimate of drug-likeness (QED) is 0.791. The van der Waals surface area contributed by atoms with Crippen LogP contribution in [0.25, 0.3) is 0 Å². The number of thiophene rings is 1. The van der Waals surface area contributed by atoms with Crippen molar-refractivity contribution < 1.29 is 19.2 Å². The van der Waals surface area contributed by atoms with Crippen LogP contribution in [0.3, 0.4) is 0 Å². The molecule has 0 bridgehead atoms. The molecule has 7 nitrogen and oxygen atoms in total. The van der Waals surface area contributed by atoms with Crippen LogP contribution >= 0.6 is 11.3 Å². The molecule has 0 spiro atoms. The molecule has 2 aliphatic rings.